The minimum absolute atomic E-state index is 0.181. The molecule has 0 bridgehead atoms. The summed E-state index contributed by atoms with van der Waals surface area (Å²) in [7, 11) is 0. The number of aromatic nitrogens is 1. The van der Waals surface area contributed by atoms with Crippen molar-refractivity contribution < 1.29 is 24.2 Å². The molecule has 3 aromatic carbocycles. The van der Waals surface area contributed by atoms with E-state index in [0.29, 0.717) is 30.2 Å². The Morgan fingerprint density at radius 2 is 1.59 bits per heavy atom. The van der Waals surface area contributed by atoms with Crippen LogP contribution >= 0.6 is 0 Å². The van der Waals surface area contributed by atoms with E-state index < -0.39 is 12.1 Å². The Bertz CT molecular complexity index is 1310. The molecule has 0 aliphatic rings. The normalized spacial score (nSPS) is 11.4. The Kier molecular flexibility index (Phi) is 8.49. The maximum atomic E-state index is 12.4. The molecular weight excluding hydrogens is 468 g/mol. The summed E-state index contributed by atoms with van der Waals surface area (Å²) in [6, 6.07) is 27.4. The number of aliphatic carboxylic acids is 1. The molecule has 37 heavy (non-hydrogen) atoms. The number of benzene rings is 3. The third-order valence-corrected chi connectivity index (χ3v) is 5.68. The van der Waals surface area contributed by atoms with E-state index in [9.17, 15) is 14.7 Å². The number of pyridine rings is 1. The Balaban J connectivity index is 1.22. The van der Waals surface area contributed by atoms with Gasteiger partial charge in [-0.15, -0.1) is 0 Å². The lowest BCUT2D eigenvalue weighted by Crippen LogP contribution is -2.29. The predicted octanol–water partition coefficient (Wildman–Crippen LogP) is 4.94. The van der Waals surface area contributed by atoms with Gasteiger partial charge in [-0.2, -0.15) is 0 Å². The van der Waals surface area contributed by atoms with Crippen LogP contribution in [0.3, 0.4) is 0 Å². The molecule has 0 aliphatic heterocycles. The van der Waals surface area contributed by atoms with E-state index >= 15 is 0 Å². The summed E-state index contributed by atoms with van der Waals surface area (Å²) in [5, 5.41) is 12.4. The molecule has 1 aromatic heterocycles. The van der Waals surface area contributed by atoms with E-state index in [4.69, 9.17) is 9.47 Å². The number of carbonyl (C=O) groups excluding carboxylic acids is 1. The van der Waals surface area contributed by atoms with Crippen molar-refractivity contribution >= 4 is 11.9 Å². The minimum atomic E-state index is -1.02. The quantitative estimate of drug-likeness (QED) is 0.286. The summed E-state index contributed by atoms with van der Waals surface area (Å²) < 4.78 is 11.4. The molecule has 2 N–H and O–H groups in total. The van der Waals surface area contributed by atoms with Gasteiger partial charge in [0.2, 0.25) is 0 Å². The van der Waals surface area contributed by atoms with Crippen LogP contribution in [0.25, 0.3) is 11.3 Å². The lowest BCUT2D eigenvalue weighted by atomic mass is 10.1. The Hall–Kier alpha value is -4.65. The standard InChI is InChI=1S/C30H28N2O5/c1-21-5-13-26(14-6-21)37-28(30(34)35)20-22-7-15-25(16-8-22)36-19-18-32-29(33)24-11-9-23(10-12-24)27-4-2-3-17-31-27/h2-17,28H,18-20H2,1H3,(H,32,33)(H,34,35). The van der Waals surface area contributed by atoms with Gasteiger partial charge in [-0.1, -0.05) is 48.0 Å². The van der Waals surface area contributed by atoms with Crippen molar-refractivity contribution in [2.45, 2.75) is 19.4 Å². The first kappa shape index (κ1) is 25.4. The van der Waals surface area contributed by atoms with Gasteiger partial charge in [-0.05, 0) is 61.0 Å². The number of carboxylic acid groups (broad SMARTS) is 1. The van der Waals surface area contributed by atoms with Gasteiger partial charge in [0.05, 0.1) is 12.2 Å². The SMILES string of the molecule is Cc1ccc(OC(Cc2ccc(OCCNC(=O)c3ccc(-c4ccccn4)cc3)cc2)C(=O)O)cc1. The zero-order chi connectivity index (χ0) is 26.0. The predicted molar refractivity (Wildman–Crippen MR) is 141 cm³/mol. The zero-order valence-electron chi connectivity index (χ0n) is 20.5. The van der Waals surface area contributed by atoms with Crippen LogP contribution in [-0.2, 0) is 11.2 Å². The van der Waals surface area contributed by atoms with Gasteiger partial charge >= 0.3 is 5.97 Å². The van der Waals surface area contributed by atoms with Crippen LogP contribution in [-0.4, -0.2) is 41.2 Å². The molecular formula is C30H28N2O5. The van der Waals surface area contributed by atoms with Crippen LogP contribution in [0.1, 0.15) is 21.5 Å². The number of aryl methyl sites for hydroxylation is 1. The van der Waals surface area contributed by atoms with Crippen LogP contribution in [0.5, 0.6) is 11.5 Å². The van der Waals surface area contributed by atoms with Crippen molar-refractivity contribution in [1.29, 1.82) is 0 Å². The third kappa shape index (κ3) is 7.41. The number of nitrogens with one attached hydrogen (secondary N) is 1. The lowest BCUT2D eigenvalue weighted by molar-refractivity contribution is -0.145. The van der Waals surface area contributed by atoms with Crippen LogP contribution in [0, 0.1) is 6.92 Å². The molecule has 0 saturated carbocycles. The molecule has 0 aliphatic carbocycles. The van der Waals surface area contributed by atoms with Gasteiger partial charge in [-0.3, -0.25) is 9.78 Å². The van der Waals surface area contributed by atoms with Gasteiger partial charge in [0.15, 0.2) is 6.10 Å². The smallest absolute Gasteiger partial charge is 0.345 e. The van der Waals surface area contributed by atoms with Crippen LogP contribution in [0.15, 0.2) is 97.2 Å². The minimum Gasteiger partial charge on any atom is -0.492 e. The average Bonchev–Trinajstić information content (AvgIpc) is 2.93. The summed E-state index contributed by atoms with van der Waals surface area (Å²) in [4.78, 5) is 28.4. The van der Waals surface area contributed by atoms with Crippen LogP contribution in [0.2, 0.25) is 0 Å². The van der Waals surface area contributed by atoms with Crippen molar-refractivity contribution in [2.75, 3.05) is 13.2 Å². The van der Waals surface area contributed by atoms with E-state index in [0.717, 1.165) is 22.4 Å². The summed E-state index contributed by atoms with van der Waals surface area (Å²) in [5.74, 6) is -0.0592. The first-order chi connectivity index (χ1) is 18.0. The first-order valence-electron chi connectivity index (χ1n) is 12.0. The highest BCUT2D eigenvalue weighted by Gasteiger charge is 2.20. The van der Waals surface area contributed by atoms with E-state index in [1.807, 2.05) is 61.5 Å². The number of amides is 1. The first-order valence-corrected chi connectivity index (χ1v) is 12.0. The van der Waals surface area contributed by atoms with Crippen molar-refractivity contribution in [3.63, 3.8) is 0 Å². The fraction of sp³-hybridized carbons (Fsp3) is 0.167. The Morgan fingerprint density at radius 3 is 2.24 bits per heavy atom. The third-order valence-electron chi connectivity index (χ3n) is 5.68. The second-order valence-corrected chi connectivity index (χ2v) is 8.50. The molecule has 0 fully saturated rings. The fourth-order valence-electron chi connectivity index (χ4n) is 3.66. The monoisotopic (exact) mass is 496 g/mol. The molecule has 1 atom stereocenters. The topological polar surface area (TPSA) is 97.8 Å². The van der Waals surface area contributed by atoms with E-state index in [-0.39, 0.29) is 12.3 Å². The molecule has 0 radical (unpaired) electrons. The van der Waals surface area contributed by atoms with E-state index in [1.165, 1.54) is 0 Å². The zero-order valence-corrected chi connectivity index (χ0v) is 20.5. The lowest BCUT2D eigenvalue weighted by Gasteiger charge is -2.16. The summed E-state index contributed by atoms with van der Waals surface area (Å²) in [6.07, 6.45) is 0.957. The second-order valence-electron chi connectivity index (χ2n) is 8.50. The molecule has 188 valence electrons. The van der Waals surface area contributed by atoms with Gasteiger partial charge in [0.25, 0.3) is 5.91 Å². The number of carboxylic acids is 1. The number of rotatable bonds is 11. The summed E-state index contributed by atoms with van der Waals surface area (Å²) in [5.41, 5.74) is 4.25. The fourth-order valence-corrected chi connectivity index (χ4v) is 3.66. The maximum absolute atomic E-state index is 12.4. The number of nitrogens with zero attached hydrogens (tertiary/aromatic N) is 1. The van der Waals surface area contributed by atoms with Crippen molar-refractivity contribution in [3.05, 3.63) is 114 Å². The largest absolute Gasteiger partial charge is 0.492 e. The highest BCUT2D eigenvalue weighted by Crippen LogP contribution is 2.19. The molecule has 4 aromatic rings. The molecule has 0 saturated heterocycles. The van der Waals surface area contributed by atoms with Crippen LogP contribution < -0.4 is 14.8 Å². The highest BCUT2D eigenvalue weighted by molar-refractivity contribution is 5.94. The Morgan fingerprint density at radius 1 is 0.892 bits per heavy atom. The van der Waals surface area contributed by atoms with Gasteiger partial charge in [-0.25, -0.2) is 4.79 Å². The van der Waals surface area contributed by atoms with E-state index in [2.05, 4.69) is 10.3 Å². The van der Waals surface area contributed by atoms with Crippen LogP contribution in [0.4, 0.5) is 0 Å². The van der Waals surface area contributed by atoms with Gasteiger partial charge < -0.3 is 19.9 Å². The van der Waals surface area contributed by atoms with E-state index in [1.54, 1.807) is 42.6 Å². The highest BCUT2D eigenvalue weighted by atomic mass is 16.5. The van der Waals surface area contributed by atoms with Crippen molar-refractivity contribution in [1.82, 2.24) is 10.3 Å². The second kappa shape index (κ2) is 12.4. The van der Waals surface area contributed by atoms with Gasteiger partial charge in [0.1, 0.15) is 18.1 Å². The van der Waals surface area contributed by atoms with Crippen molar-refractivity contribution in [3.8, 4) is 22.8 Å². The molecule has 7 heteroatoms. The number of ether oxygens (including phenoxy) is 2. The molecule has 7 nitrogen and oxygen atoms in total. The maximum Gasteiger partial charge on any atom is 0.345 e. The number of carbonyl (C=O) groups is 2. The summed E-state index contributed by atoms with van der Waals surface area (Å²) >= 11 is 0. The molecule has 1 unspecified atom stereocenters. The molecule has 1 amide bonds. The number of hydrogen-bond acceptors (Lipinski definition) is 5. The summed E-state index contributed by atoms with van der Waals surface area (Å²) in [6.45, 7) is 2.60. The molecule has 4 rings (SSSR count). The Labute approximate surface area is 215 Å². The molecule has 0 spiro atoms. The van der Waals surface area contributed by atoms with Crippen molar-refractivity contribution in [2.24, 2.45) is 0 Å². The van der Waals surface area contributed by atoms with Gasteiger partial charge in [0, 0.05) is 23.7 Å². The number of hydrogen-bond donors (Lipinski definition) is 2. The average molecular weight is 497 g/mol. The molecule has 1 heterocycles.